The minimum atomic E-state index is 0.756. The van der Waals surface area contributed by atoms with Gasteiger partial charge in [-0.25, -0.2) is 9.29 Å². The van der Waals surface area contributed by atoms with Crippen molar-refractivity contribution in [2.45, 2.75) is 4.90 Å². The van der Waals surface area contributed by atoms with Crippen molar-refractivity contribution in [1.29, 1.82) is 0 Å². The average Bonchev–Trinajstić information content (AvgIpc) is 3.42. The Morgan fingerprint density at radius 2 is 2.10 bits per heavy atom. The third-order valence-corrected chi connectivity index (χ3v) is 7.10. The molecule has 3 aromatic heterocycles. The highest BCUT2D eigenvalue weighted by molar-refractivity contribution is 7.97. The third kappa shape index (κ3) is 4.01. The molecule has 1 saturated heterocycles. The number of aromatic nitrogens is 2. The second kappa shape index (κ2) is 8.38. The van der Waals surface area contributed by atoms with Crippen LogP contribution in [0.4, 0.5) is 11.4 Å². The Bertz CT molecular complexity index is 1120. The number of H-pyrrole nitrogens is 1. The number of ether oxygens (including phenoxy) is 1. The first-order valence-corrected chi connectivity index (χ1v) is 11.4. The Hall–Kier alpha value is -2.03. The Balaban J connectivity index is 1.46. The van der Waals surface area contributed by atoms with Gasteiger partial charge in [0.2, 0.25) is 0 Å². The summed E-state index contributed by atoms with van der Waals surface area (Å²) in [5.41, 5.74) is 5.22. The van der Waals surface area contributed by atoms with E-state index in [4.69, 9.17) is 16.3 Å². The number of aromatic amines is 1. The van der Waals surface area contributed by atoms with Gasteiger partial charge in [0.15, 0.2) is 0 Å². The lowest BCUT2D eigenvalue weighted by molar-refractivity contribution is 0.0773. The van der Waals surface area contributed by atoms with Gasteiger partial charge in [0.1, 0.15) is 5.65 Å². The van der Waals surface area contributed by atoms with Crippen LogP contribution in [0.5, 0.6) is 0 Å². The first-order valence-electron chi connectivity index (χ1n) is 9.34. The number of morpholine rings is 1. The van der Waals surface area contributed by atoms with E-state index in [0.29, 0.717) is 0 Å². The predicted molar refractivity (Wildman–Crippen MR) is 122 cm³/mol. The number of hydrogen-bond acceptors (Lipinski definition) is 6. The molecule has 1 aliphatic heterocycles. The summed E-state index contributed by atoms with van der Waals surface area (Å²) in [6, 6.07) is 10.2. The van der Waals surface area contributed by atoms with E-state index in [1.165, 1.54) is 5.56 Å². The fourth-order valence-electron chi connectivity index (χ4n) is 3.40. The van der Waals surface area contributed by atoms with Crippen molar-refractivity contribution in [2.75, 3.05) is 31.6 Å². The van der Waals surface area contributed by atoms with Crippen LogP contribution in [0.25, 0.3) is 22.2 Å². The molecule has 0 amide bonds. The summed E-state index contributed by atoms with van der Waals surface area (Å²) in [5, 5.41) is 9.64. The van der Waals surface area contributed by atoms with E-state index in [0.717, 1.165) is 64.2 Å². The summed E-state index contributed by atoms with van der Waals surface area (Å²) in [4.78, 5) is 8.80. The van der Waals surface area contributed by atoms with Crippen LogP contribution < -0.4 is 5.32 Å². The minimum Gasteiger partial charge on any atom is -0.379 e. The van der Waals surface area contributed by atoms with Gasteiger partial charge in [-0.15, -0.1) is 0 Å². The van der Waals surface area contributed by atoms with Crippen LogP contribution in [0.1, 0.15) is 0 Å². The maximum atomic E-state index is 6.46. The Labute approximate surface area is 182 Å². The van der Waals surface area contributed by atoms with Gasteiger partial charge >= 0.3 is 0 Å². The number of pyridine rings is 1. The van der Waals surface area contributed by atoms with Gasteiger partial charge in [0.25, 0.3) is 0 Å². The average molecular weight is 443 g/mol. The van der Waals surface area contributed by atoms with Crippen molar-refractivity contribution in [3.63, 3.8) is 0 Å². The van der Waals surface area contributed by atoms with Gasteiger partial charge in [0, 0.05) is 36.1 Å². The van der Waals surface area contributed by atoms with Crippen LogP contribution in [0, 0.1) is 0 Å². The van der Waals surface area contributed by atoms with E-state index in [-0.39, 0.29) is 0 Å². The standard InChI is InChI=1S/C21H19ClN4OS2/c22-17-2-1-15(11-19(17)29-26-6-8-27-9-7-26)25-18-12-24-21-20(18)16(3-5-23-21)14-4-10-28-13-14/h1-5,10-13,25H,6-9H2,(H,23,24). The van der Waals surface area contributed by atoms with E-state index in [9.17, 15) is 0 Å². The topological polar surface area (TPSA) is 53.2 Å². The molecule has 29 heavy (non-hydrogen) atoms. The number of rotatable bonds is 5. The van der Waals surface area contributed by atoms with Crippen molar-refractivity contribution in [1.82, 2.24) is 14.3 Å². The number of thiophene rings is 1. The van der Waals surface area contributed by atoms with E-state index < -0.39 is 0 Å². The molecule has 1 aromatic carbocycles. The quantitative estimate of drug-likeness (QED) is 0.370. The van der Waals surface area contributed by atoms with Crippen LogP contribution in [0.2, 0.25) is 5.02 Å². The summed E-state index contributed by atoms with van der Waals surface area (Å²) in [6.07, 6.45) is 3.81. The highest BCUT2D eigenvalue weighted by Crippen LogP contribution is 2.37. The molecule has 8 heteroatoms. The normalized spacial score (nSPS) is 15.1. The molecular weight excluding hydrogens is 424 g/mol. The smallest absolute Gasteiger partial charge is 0.140 e. The molecule has 0 spiro atoms. The molecule has 1 aliphatic rings. The second-order valence-corrected chi connectivity index (χ2v) is 9.03. The molecule has 0 aliphatic carbocycles. The lowest BCUT2D eigenvalue weighted by Gasteiger charge is -2.25. The molecular formula is C21H19ClN4OS2. The van der Waals surface area contributed by atoms with Crippen molar-refractivity contribution < 1.29 is 4.74 Å². The van der Waals surface area contributed by atoms with Crippen LogP contribution in [0.15, 0.2) is 58.4 Å². The molecule has 0 saturated carbocycles. The maximum Gasteiger partial charge on any atom is 0.140 e. The zero-order chi connectivity index (χ0) is 19.6. The second-order valence-electron chi connectivity index (χ2n) is 6.70. The molecule has 0 bridgehead atoms. The molecule has 2 N–H and O–H groups in total. The molecule has 148 valence electrons. The third-order valence-electron chi connectivity index (χ3n) is 4.81. The van der Waals surface area contributed by atoms with Crippen LogP contribution in [-0.4, -0.2) is 40.6 Å². The number of hydrogen-bond donors (Lipinski definition) is 2. The molecule has 5 rings (SSSR count). The van der Waals surface area contributed by atoms with Crippen LogP contribution in [-0.2, 0) is 4.74 Å². The fraction of sp³-hybridized carbons (Fsp3) is 0.190. The van der Waals surface area contributed by atoms with Gasteiger partial charge < -0.3 is 15.0 Å². The highest BCUT2D eigenvalue weighted by Gasteiger charge is 2.15. The van der Waals surface area contributed by atoms with E-state index in [1.54, 1.807) is 23.3 Å². The summed E-state index contributed by atoms with van der Waals surface area (Å²) >= 11 is 9.84. The molecule has 1 fully saturated rings. The van der Waals surface area contributed by atoms with Gasteiger partial charge in [-0.05, 0) is 64.2 Å². The zero-order valence-corrected chi connectivity index (χ0v) is 17.9. The van der Waals surface area contributed by atoms with Crippen LogP contribution >= 0.6 is 34.9 Å². The largest absolute Gasteiger partial charge is 0.379 e. The number of benzene rings is 1. The van der Waals surface area contributed by atoms with Crippen molar-refractivity contribution in [3.8, 4) is 11.1 Å². The van der Waals surface area contributed by atoms with Crippen molar-refractivity contribution >= 4 is 57.3 Å². The lowest BCUT2D eigenvalue weighted by atomic mass is 10.1. The molecule has 0 radical (unpaired) electrons. The highest BCUT2D eigenvalue weighted by atomic mass is 35.5. The number of fused-ring (bicyclic) bond motifs is 1. The number of anilines is 2. The number of nitrogens with one attached hydrogen (secondary N) is 2. The van der Waals surface area contributed by atoms with Gasteiger partial charge in [-0.1, -0.05) is 11.6 Å². The van der Waals surface area contributed by atoms with Gasteiger partial charge in [-0.2, -0.15) is 11.3 Å². The van der Waals surface area contributed by atoms with E-state index in [2.05, 4.69) is 48.5 Å². The predicted octanol–water partition coefficient (Wildman–Crippen LogP) is 6.03. The summed E-state index contributed by atoms with van der Waals surface area (Å²) in [6.45, 7) is 3.32. The summed E-state index contributed by atoms with van der Waals surface area (Å²) < 4.78 is 7.73. The minimum absolute atomic E-state index is 0.756. The number of halogens is 1. The molecule has 4 aromatic rings. The zero-order valence-electron chi connectivity index (χ0n) is 15.5. The van der Waals surface area contributed by atoms with Gasteiger partial charge in [-0.3, -0.25) is 0 Å². The number of nitrogens with zero attached hydrogens (tertiary/aromatic N) is 2. The van der Waals surface area contributed by atoms with Crippen LogP contribution in [0.3, 0.4) is 0 Å². The van der Waals surface area contributed by atoms with Gasteiger partial charge in [0.05, 0.1) is 29.3 Å². The first kappa shape index (κ1) is 19.0. The molecule has 5 nitrogen and oxygen atoms in total. The summed E-state index contributed by atoms with van der Waals surface area (Å²) in [7, 11) is 0. The lowest BCUT2D eigenvalue weighted by Crippen LogP contribution is -2.30. The molecule has 0 atom stereocenters. The molecule has 4 heterocycles. The first-order chi connectivity index (χ1) is 14.3. The maximum absolute atomic E-state index is 6.46. The Kier molecular flexibility index (Phi) is 5.48. The molecule has 0 unspecified atom stereocenters. The SMILES string of the molecule is Clc1ccc(Nc2c[nH]c3nccc(-c4ccsc4)c23)cc1SN1CCOCC1. The monoisotopic (exact) mass is 442 g/mol. The fourth-order valence-corrected chi connectivity index (χ4v) is 5.22. The summed E-state index contributed by atoms with van der Waals surface area (Å²) in [5.74, 6) is 0. The van der Waals surface area contributed by atoms with E-state index in [1.807, 2.05) is 24.5 Å². The van der Waals surface area contributed by atoms with Crippen molar-refractivity contribution in [2.24, 2.45) is 0 Å². The Morgan fingerprint density at radius 3 is 2.93 bits per heavy atom. The Morgan fingerprint density at radius 1 is 1.21 bits per heavy atom. The van der Waals surface area contributed by atoms with E-state index >= 15 is 0 Å². The van der Waals surface area contributed by atoms with Crippen molar-refractivity contribution in [3.05, 3.63) is 58.5 Å².